The fourth-order valence-electron chi connectivity index (χ4n) is 3.03. The molecule has 2 aromatic carbocycles. The molecule has 0 aliphatic rings. The molecule has 0 saturated carbocycles. The number of alkyl halides is 3. The van der Waals surface area contributed by atoms with Gasteiger partial charge in [0.1, 0.15) is 0 Å². The standard InChI is InChI=1S/C20H16F3N3OS/c1-4-17-18(27)26(19(28)25(17)13-7-5-12(2)6-8-13)14-9-10-16(24-3)15(11-14)20(21,22)23/h5-11,27H,4H2,1-2H3. The van der Waals surface area contributed by atoms with E-state index in [4.69, 9.17) is 18.8 Å². The zero-order chi connectivity index (χ0) is 20.6. The summed E-state index contributed by atoms with van der Waals surface area (Å²) in [4.78, 5) is 2.94. The molecule has 28 heavy (non-hydrogen) atoms. The Labute approximate surface area is 164 Å². The lowest BCUT2D eigenvalue weighted by atomic mass is 10.1. The average Bonchev–Trinajstić information content (AvgIpc) is 2.91. The molecular formula is C20H16F3N3OS. The molecule has 0 spiro atoms. The quantitative estimate of drug-likeness (QED) is 0.421. The van der Waals surface area contributed by atoms with Gasteiger partial charge in [0.25, 0.3) is 0 Å². The predicted octanol–water partition coefficient (Wildman–Crippen LogP) is 6.14. The van der Waals surface area contributed by atoms with E-state index in [-0.39, 0.29) is 16.3 Å². The SMILES string of the molecule is [C-]#[N+]c1ccc(-n2c(O)c(CC)n(-c3ccc(C)cc3)c2=S)cc1C(F)(F)F. The van der Waals surface area contributed by atoms with Gasteiger partial charge in [-0.25, -0.2) is 4.85 Å². The lowest BCUT2D eigenvalue weighted by molar-refractivity contribution is -0.136. The van der Waals surface area contributed by atoms with Gasteiger partial charge in [0.2, 0.25) is 5.88 Å². The van der Waals surface area contributed by atoms with Gasteiger partial charge in [0, 0.05) is 11.4 Å². The number of aromatic nitrogens is 2. The second-order valence-corrected chi connectivity index (χ2v) is 6.59. The summed E-state index contributed by atoms with van der Waals surface area (Å²) in [6, 6.07) is 10.7. The van der Waals surface area contributed by atoms with Crippen LogP contribution in [0.25, 0.3) is 16.2 Å². The predicted molar refractivity (Wildman–Crippen MR) is 103 cm³/mol. The second kappa shape index (κ2) is 7.17. The van der Waals surface area contributed by atoms with Crippen LogP contribution in [0, 0.1) is 18.3 Å². The number of aromatic hydroxyl groups is 1. The van der Waals surface area contributed by atoms with Crippen molar-refractivity contribution in [3.05, 3.63) is 75.5 Å². The molecule has 0 saturated heterocycles. The van der Waals surface area contributed by atoms with E-state index in [0.717, 1.165) is 17.7 Å². The zero-order valence-corrected chi connectivity index (χ0v) is 15.9. The van der Waals surface area contributed by atoms with Gasteiger partial charge in [-0.1, -0.05) is 30.7 Å². The molecule has 1 heterocycles. The highest BCUT2D eigenvalue weighted by molar-refractivity contribution is 7.71. The van der Waals surface area contributed by atoms with Crippen molar-refractivity contribution in [3.8, 4) is 17.3 Å². The molecular weight excluding hydrogens is 387 g/mol. The number of halogens is 3. The van der Waals surface area contributed by atoms with Gasteiger partial charge in [-0.3, -0.25) is 9.13 Å². The number of aryl methyl sites for hydroxylation is 1. The summed E-state index contributed by atoms with van der Waals surface area (Å²) in [6.07, 6.45) is -4.27. The van der Waals surface area contributed by atoms with E-state index >= 15 is 0 Å². The minimum Gasteiger partial charge on any atom is -0.493 e. The molecule has 4 nitrogen and oxygen atoms in total. The molecule has 0 aliphatic carbocycles. The van der Waals surface area contributed by atoms with Crippen LogP contribution >= 0.6 is 12.2 Å². The molecule has 0 atom stereocenters. The highest BCUT2D eigenvalue weighted by atomic mass is 32.1. The second-order valence-electron chi connectivity index (χ2n) is 6.22. The van der Waals surface area contributed by atoms with Crippen molar-refractivity contribution in [2.24, 2.45) is 0 Å². The van der Waals surface area contributed by atoms with Gasteiger partial charge >= 0.3 is 6.18 Å². The molecule has 1 aromatic heterocycles. The van der Waals surface area contributed by atoms with Crippen LogP contribution in [-0.4, -0.2) is 14.2 Å². The monoisotopic (exact) mass is 403 g/mol. The number of hydrogen-bond acceptors (Lipinski definition) is 2. The third kappa shape index (κ3) is 3.29. The van der Waals surface area contributed by atoms with Crippen LogP contribution in [0.3, 0.4) is 0 Å². The third-order valence-electron chi connectivity index (χ3n) is 4.41. The average molecular weight is 403 g/mol. The van der Waals surface area contributed by atoms with Crippen LogP contribution in [0.5, 0.6) is 5.88 Å². The number of nitrogens with zero attached hydrogens (tertiary/aromatic N) is 3. The van der Waals surface area contributed by atoms with Crippen molar-refractivity contribution in [1.82, 2.24) is 9.13 Å². The minimum atomic E-state index is -4.69. The Bertz CT molecular complexity index is 1140. The van der Waals surface area contributed by atoms with Crippen LogP contribution in [0.15, 0.2) is 42.5 Å². The van der Waals surface area contributed by atoms with Crippen molar-refractivity contribution >= 4 is 17.9 Å². The molecule has 1 N–H and O–H groups in total. The fourth-order valence-corrected chi connectivity index (χ4v) is 3.44. The third-order valence-corrected chi connectivity index (χ3v) is 4.78. The Morgan fingerprint density at radius 2 is 1.68 bits per heavy atom. The van der Waals surface area contributed by atoms with Gasteiger partial charge in [-0.15, -0.1) is 0 Å². The number of imidazole rings is 1. The summed E-state index contributed by atoms with van der Waals surface area (Å²) < 4.78 is 43.0. The van der Waals surface area contributed by atoms with Gasteiger partial charge in [-0.05, 0) is 49.8 Å². The topological polar surface area (TPSA) is 34.5 Å². The summed E-state index contributed by atoms with van der Waals surface area (Å²) in [5.41, 5.74) is 0.703. The summed E-state index contributed by atoms with van der Waals surface area (Å²) in [5.74, 6) is -0.225. The fraction of sp³-hybridized carbons (Fsp3) is 0.200. The van der Waals surface area contributed by atoms with Crippen LogP contribution in [-0.2, 0) is 12.6 Å². The first-order chi connectivity index (χ1) is 13.2. The van der Waals surface area contributed by atoms with E-state index in [1.165, 1.54) is 10.6 Å². The van der Waals surface area contributed by atoms with Gasteiger partial charge < -0.3 is 5.11 Å². The highest BCUT2D eigenvalue weighted by Crippen LogP contribution is 2.39. The van der Waals surface area contributed by atoms with Crippen LogP contribution < -0.4 is 0 Å². The first kappa shape index (κ1) is 19.7. The maximum Gasteiger partial charge on any atom is 0.407 e. The van der Waals surface area contributed by atoms with Crippen molar-refractivity contribution in [3.63, 3.8) is 0 Å². The van der Waals surface area contributed by atoms with Crippen LogP contribution in [0.1, 0.15) is 23.7 Å². The molecule has 8 heteroatoms. The van der Waals surface area contributed by atoms with Crippen molar-refractivity contribution in [2.45, 2.75) is 26.4 Å². The molecule has 0 amide bonds. The Morgan fingerprint density at radius 3 is 2.21 bits per heavy atom. The van der Waals surface area contributed by atoms with Gasteiger partial charge in [0.05, 0.1) is 17.8 Å². The summed E-state index contributed by atoms with van der Waals surface area (Å²) >= 11 is 5.49. The van der Waals surface area contributed by atoms with E-state index in [9.17, 15) is 18.3 Å². The lowest BCUT2D eigenvalue weighted by Crippen LogP contribution is -2.07. The first-order valence-corrected chi connectivity index (χ1v) is 8.81. The maximum absolute atomic E-state index is 13.3. The number of benzene rings is 2. The van der Waals surface area contributed by atoms with Crippen LogP contribution in [0.4, 0.5) is 18.9 Å². The van der Waals surface area contributed by atoms with E-state index in [0.29, 0.717) is 17.8 Å². The first-order valence-electron chi connectivity index (χ1n) is 8.40. The summed E-state index contributed by atoms with van der Waals surface area (Å²) in [6.45, 7) is 10.7. The van der Waals surface area contributed by atoms with E-state index < -0.39 is 17.4 Å². The Kier molecular flexibility index (Phi) is 5.04. The smallest absolute Gasteiger partial charge is 0.407 e. The Balaban J connectivity index is 2.29. The molecule has 0 radical (unpaired) electrons. The van der Waals surface area contributed by atoms with Crippen LogP contribution in [0.2, 0.25) is 0 Å². The lowest BCUT2D eigenvalue weighted by Gasteiger charge is -2.12. The molecule has 3 rings (SSSR count). The van der Waals surface area contributed by atoms with Crippen molar-refractivity contribution in [2.75, 3.05) is 0 Å². The number of rotatable bonds is 3. The Hall–Kier alpha value is -3.05. The van der Waals surface area contributed by atoms with Crippen molar-refractivity contribution < 1.29 is 18.3 Å². The van der Waals surface area contributed by atoms with E-state index in [1.807, 2.05) is 38.1 Å². The zero-order valence-electron chi connectivity index (χ0n) is 15.1. The molecule has 0 aliphatic heterocycles. The van der Waals surface area contributed by atoms with Gasteiger partial charge in [0.15, 0.2) is 10.5 Å². The van der Waals surface area contributed by atoms with Crippen molar-refractivity contribution in [1.29, 1.82) is 0 Å². The van der Waals surface area contributed by atoms with Gasteiger partial charge in [-0.2, -0.15) is 13.2 Å². The molecule has 144 valence electrons. The molecule has 0 fully saturated rings. The van der Waals surface area contributed by atoms with E-state index in [2.05, 4.69) is 4.85 Å². The largest absolute Gasteiger partial charge is 0.493 e. The molecule has 0 bridgehead atoms. The maximum atomic E-state index is 13.3. The molecule has 3 aromatic rings. The summed E-state index contributed by atoms with van der Waals surface area (Å²) in [5, 5.41) is 10.7. The highest BCUT2D eigenvalue weighted by Gasteiger charge is 2.34. The molecule has 0 unspecified atom stereocenters. The minimum absolute atomic E-state index is 0.0442. The van der Waals surface area contributed by atoms with E-state index in [1.54, 1.807) is 4.57 Å². The number of hydrogen-bond donors (Lipinski definition) is 1. The Morgan fingerprint density at radius 1 is 1.07 bits per heavy atom. The normalized spacial score (nSPS) is 11.4. The summed E-state index contributed by atoms with van der Waals surface area (Å²) in [7, 11) is 0.